The zero-order valence-corrected chi connectivity index (χ0v) is 32.1. The lowest BCUT2D eigenvalue weighted by Crippen LogP contribution is -2.45. The maximum absolute atomic E-state index is 15.6. The number of ketones is 1. The first-order chi connectivity index (χ1) is 27.1. The largest absolute Gasteiger partial charge is 0.484 e. The van der Waals surface area contributed by atoms with Crippen LogP contribution < -0.4 is 15.2 Å². The molecular weight excluding hydrogens is 720 g/mol. The number of anilines is 1. The van der Waals surface area contributed by atoms with E-state index in [1.165, 1.54) is 18.3 Å². The van der Waals surface area contributed by atoms with Crippen molar-refractivity contribution in [3.05, 3.63) is 88.1 Å². The van der Waals surface area contributed by atoms with Gasteiger partial charge in [-0.2, -0.15) is 0 Å². The molecule has 0 aliphatic carbocycles. The van der Waals surface area contributed by atoms with Crippen LogP contribution in [0.2, 0.25) is 0 Å². The molecule has 7 rings (SSSR count). The monoisotopic (exact) mass is 769 g/mol. The number of fused-ring (bicyclic) bond motifs is 1. The molecule has 2 amide bonds. The second-order valence-corrected chi connectivity index (χ2v) is 15.2. The third-order valence-corrected chi connectivity index (χ3v) is 11.3. The first-order valence-corrected chi connectivity index (χ1v) is 19.7. The van der Waals surface area contributed by atoms with Crippen LogP contribution in [-0.4, -0.2) is 88.5 Å². The number of carbonyl (C=O) groups excluding carboxylic acids is 3. The van der Waals surface area contributed by atoms with Crippen LogP contribution in [0.1, 0.15) is 69.4 Å². The number of unbranched alkanes of at least 4 members (excludes halogenated alkanes) is 1. The summed E-state index contributed by atoms with van der Waals surface area (Å²) >= 11 is 0. The van der Waals surface area contributed by atoms with Crippen LogP contribution in [-0.2, 0) is 32.2 Å². The van der Waals surface area contributed by atoms with Gasteiger partial charge in [-0.05, 0) is 79.8 Å². The lowest BCUT2D eigenvalue weighted by atomic mass is 9.99. The van der Waals surface area contributed by atoms with Crippen molar-refractivity contribution >= 4 is 34.1 Å². The molecule has 13 heteroatoms. The van der Waals surface area contributed by atoms with Gasteiger partial charge in [-0.1, -0.05) is 19.4 Å². The minimum atomic E-state index is -0.616. The molecule has 0 unspecified atom stereocenters. The normalized spacial score (nSPS) is 17.6. The highest BCUT2D eigenvalue weighted by molar-refractivity contribution is 6.08. The second kappa shape index (κ2) is 17.4. The number of hydrogen-bond donors (Lipinski definition) is 0. The highest BCUT2D eigenvalue weighted by atomic mass is 19.1. The predicted octanol–water partition coefficient (Wildman–Crippen LogP) is 6.20. The molecule has 4 aromatic rings. The average Bonchev–Trinajstić information content (AvgIpc) is 3.19. The summed E-state index contributed by atoms with van der Waals surface area (Å²) in [4.78, 5) is 59.8. The summed E-state index contributed by atoms with van der Waals surface area (Å²) in [7, 11) is 0. The Morgan fingerprint density at radius 3 is 2.32 bits per heavy atom. The van der Waals surface area contributed by atoms with Gasteiger partial charge in [0, 0.05) is 88.0 Å². The Hall–Kier alpha value is -5.01. The standard InChI is InChI=1S/C43H49F2N5O6/c1-3-4-14-49-26-36(34-7-13-46-24-35(34)43(49)54)29-20-38(44)37(39(45)21-29)25-47-15-9-31(10-16-47)56-32-11-17-48(18-12-32)42(53)27-55-33-6-5-28(2)40(23-33)50-19-8-30(51)22-41(50)52/h5-7,13,20-21,23-24,26,31-32H,3-4,8-12,14-19,22,25,27H2,1-2H3. The van der Waals surface area contributed by atoms with Crippen molar-refractivity contribution in [2.45, 2.75) is 90.5 Å². The summed E-state index contributed by atoms with van der Waals surface area (Å²) in [5.74, 6) is -1.14. The van der Waals surface area contributed by atoms with Crippen molar-refractivity contribution in [2.24, 2.45) is 0 Å². The topological polar surface area (TPSA) is 114 Å². The van der Waals surface area contributed by atoms with Crippen LogP contribution in [0.25, 0.3) is 21.9 Å². The molecule has 3 saturated heterocycles. The van der Waals surface area contributed by atoms with Crippen LogP contribution in [0.3, 0.4) is 0 Å². The van der Waals surface area contributed by atoms with Crippen LogP contribution in [0, 0.1) is 18.6 Å². The maximum atomic E-state index is 15.6. The highest BCUT2D eigenvalue weighted by Crippen LogP contribution is 2.32. The zero-order valence-electron chi connectivity index (χ0n) is 32.1. The molecule has 3 aliphatic rings. The van der Waals surface area contributed by atoms with Crippen LogP contribution in [0.4, 0.5) is 14.5 Å². The number of carbonyl (C=O) groups is 3. The summed E-state index contributed by atoms with van der Waals surface area (Å²) < 4.78 is 45.2. The summed E-state index contributed by atoms with van der Waals surface area (Å²) in [6.45, 7) is 7.22. The number of rotatable bonds is 12. The number of ether oxygens (including phenoxy) is 2. The van der Waals surface area contributed by atoms with Gasteiger partial charge < -0.3 is 23.8 Å². The number of piperidine rings is 3. The fourth-order valence-electron chi connectivity index (χ4n) is 7.99. The number of hydrogen-bond acceptors (Lipinski definition) is 8. The molecule has 0 bridgehead atoms. The van der Waals surface area contributed by atoms with E-state index < -0.39 is 11.6 Å². The molecule has 11 nitrogen and oxygen atoms in total. The quantitative estimate of drug-likeness (QED) is 0.157. The van der Waals surface area contributed by atoms with E-state index in [9.17, 15) is 19.2 Å². The Morgan fingerprint density at radius 2 is 1.62 bits per heavy atom. The molecule has 3 aliphatic heterocycles. The molecule has 3 fully saturated rings. The van der Waals surface area contributed by atoms with Gasteiger partial charge in [0.05, 0.1) is 29.7 Å². The lowest BCUT2D eigenvalue weighted by Gasteiger charge is -2.37. The SMILES string of the molecule is CCCCn1cc(-c2cc(F)c(CN3CCC(OC4CCN(C(=O)COc5ccc(C)c(N6CCC(=O)CC6=O)c5)CC4)CC3)c(F)c2)c2ccncc2c1=O. The maximum Gasteiger partial charge on any atom is 0.260 e. The number of halogens is 2. The van der Waals surface area contributed by atoms with Gasteiger partial charge in [0.15, 0.2) is 6.61 Å². The van der Waals surface area contributed by atoms with E-state index in [2.05, 4.69) is 9.88 Å². The Balaban J connectivity index is 0.878. The molecule has 0 spiro atoms. The fraction of sp³-hybridized carbons (Fsp3) is 0.465. The molecule has 0 radical (unpaired) electrons. The smallest absolute Gasteiger partial charge is 0.260 e. The number of benzene rings is 2. The summed E-state index contributed by atoms with van der Waals surface area (Å²) in [6.07, 6.45) is 9.68. The number of aromatic nitrogens is 2. The van der Waals surface area contributed by atoms with Gasteiger partial charge in [-0.3, -0.25) is 29.1 Å². The molecule has 0 saturated carbocycles. The number of pyridine rings is 2. The van der Waals surface area contributed by atoms with Crippen LogP contribution in [0.15, 0.2) is 59.8 Å². The number of aryl methyl sites for hydroxylation is 2. The number of nitrogens with zero attached hydrogens (tertiary/aromatic N) is 5. The van der Waals surface area contributed by atoms with Gasteiger partial charge in [0.25, 0.3) is 11.5 Å². The molecule has 2 aromatic heterocycles. The molecular formula is C43H49F2N5O6. The predicted molar refractivity (Wildman–Crippen MR) is 209 cm³/mol. The van der Waals surface area contributed by atoms with Crippen molar-refractivity contribution in [1.82, 2.24) is 19.4 Å². The third-order valence-electron chi connectivity index (χ3n) is 11.3. The van der Waals surface area contributed by atoms with Gasteiger partial charge in [0.1, 0.15) is 23.2 Å². The minimum Gasteiger partial charge on any atom is -0.484 e. The molecule has 296 valence electrons. The molecule has 0 N–H and O–H groups in total. The third kappa shape index (κ3) is 8.84. The van der Waals surface area contributed by atoms with E-state index in [-0.39, 0.29) is 60.5 Å². The van der Waals surface area contributed by atoms with Crippen LogP contribution in [0.5, 0.6) is 5.75 Å². The zero-order chi connectivity index (χ0) is 39.3. The Bertz CT molecular complexity index is 2140. The van der Waals surface area contributed by atoms with Gasteiger partial charge >= 0.3 is 0 Å². The van der Waals surface area contributed by atoms with Gasteiger partial charge in [-0.25, -0.2) is 8.78 Å². The second-order valence-electron chi connectivity index (χ2n) is 15.2. The molecule has 56 heavy (non-hydrogen) atoms. The Morgan fingerprint density at radius 1 is 0.911 bits per heavy atom. The van der Waals surface area contributed by atoms with Crippen molar-refractivity contribution < 1.29 is 32.6 Å². The Labute approximate surface area is 325 Å². The van der Waals surface area contributed by atoms with Crippen molar-refractivity contribution in [3.8, 4) is 16.9 Å². The lowest BCUT2D eigenvalue weighted by molar-refractivity contribution is -0.137. The fourth-order valence-corrected chi connectivity index (χ4v) is 7.99. The summed E-state index contributed by atoms with van der Waals surface area (Å²) in [5.41, 5.74) is 2.41. The summed E-state index contributed by atoms with van der Waals surface area (Å²) in [6, 6.07) is 9.82. The minimum absolute atomic E-state index is 0.0239. The van der Waals surface area contributed by atoms with E-state index in [1.807, 2.05) is 19.9 Å². The molecule has 0 atom stereocenters. The highest BCUT2D eigenvalue weighted by Gasteiger charge is 2.30. The number of Topliss-reactive ketones (excluding diaryl/α,β-unsaturated/α-hetero) is 1. The Kier molecular flexibility index (Phi) is 12.2. The van der Waals surface area contributed by atoms with E-state index in [1.54, 1.807) is 45.0 Å². The van der Waals surface area contributed by atoms with Crippen molar-refractivity contribution in [1.29, 1.82) is 0 Å². The van der Waals surface area contributed by atoms with E-state index in [0.717, 1.165) is 31.2 Å². The van der Waals surface area contributed by atoms with E-state index >= 15 is 8.78 Å². The first-order valence-electron chi connectivity index (χ1n) is 19.7. The molecule has 5 heterocycles. The van der Waals surface area contributed by atoms with Gasteiger partial charge in [0.2, 0.25) is 5.91 Å². The number of amides is 2. The first kappa shape index (κ1) is 39.2. The van der Waals surface area contributed by atoms with Crippen molar-refractivity contribution in [3.63, 3.8) is 0 Å². The average molecular weight is 770 g/mol. The van der Waals surface area contributed by atoms with Crippen molar-refractivity contribution in [2.75, 3.05) is 44.2 Å². The molecule has 2 aromatic carbocycles. The van der Waals surface area contributed by atoms with Crippen LogP contribution >= 0.6 is 0 Å². The van der Waals surface area contributed by atoms with E-state index in [4.69, 9.17) is 9.47 Å². The number of likely N-dealkylation sites (tertiary alicyclic amines) is 2. The summed E-state index contributed by atoms with van der Waals surface area (Å²) in [5, 5.41) is 1.03. The van der Waals surface area contributed by atoms with E-state index in [0.29, 0.717) is 91.9 Å². The van der Waals surface area contributed by atoms with Gasteiger partial charge in [-0.15, -0.1) is 0 Å².